The average molecular weight is 418 g/mol. The van der Waals surface area contributed by atoms with Crippen LogP contribution < -0.4 is 11.1 Å². The third kappa shape index (κ3) is 7.78. The summed E-state index contributed by atoms with van der Waals surface area (Å²) >= 11 is 0. The highest BCUT2D eigenvalue weighted by molar-refractivity contribution is 7.89. The Morgan fingerprint density at radius 3 is 2.19 bits per heavy atom. The molecule has 154 valence electrons. The second-order valence-electron chi connectivity index (χ2n) is 7.73. The topological polar surface area (TPSA) is 92.5 Å². The van der Waals surface area contributed by atoms with Gasteiger partial charge in [-0.15, -0.1) is 12.4 Å². The summed E-state index contributed by atoms with van der Waals surface area (Å²) < 4.78 is 27.1. The quantitative estimate of drug-likeness (QED) is 0.712. The van der Waals surface area contributed by atoms with Gasteiger partial charge in [0.1, 0.15) is 0 Å². The van der Waals surface area contributed by atoms with E-state index in [1.807, 2.05) is 13.8 Å². The summed E-state index contributed by atoms with van der Waals surface area (Å²) in [4.78, 5) is 12.2. The number of hydrogen-bond donors (Lipinski definition) is 2. The molecule has 0 saturated carbocycles. The van der Waals surface area contributed by atoms with Gasteiger partial charge in [0, 0.05) is 31.6 Å². The fraction of sp³-hybridized carbons (Fsp3) is 0.632. The van der Waals surface area contributed by atoms with Crippen LogP contribution in [0.25, 0.3) is 0 Å². The Labute approximate surface area is 169 Å². The molecule has 1 fully saturated rings. The normalized spacial score (nSPS) is 16.3. The minimum Gasteiger partial charge on any atom is -0.354 e. The highest BCUT2D eigenvalue weighted by Gasteiger charge is 2.24. The lowest BCUT2D eigenvalue weighted by molar-refractivity contribution is -0.121. The van der Waals surface area contributed by atoms with Crippen LogP contribution >= 0.6 is 12.4 Å². The van der Waals surface area contributed by atoms with Crippen LogP contribution in [0.4, 0.5) is 0 Å². The number of amides is 1. The highest BCUT2D eigenvalue weighted by Crippen LogP contribution is 2.21. The van der Waals surface area contributed by atoms with E-state index in [0.717, 1.165) is 31.2 Å². The standard InChI is InChI=1S/C19H31N3O3S.ClH/c1-19(2,20)15-21-18(23)12-9-16-7-10-17(11-8-16)26(24,25)22-13-5-3-4-6-14-22;/h7-8,10-11H,3-6,9,12-15,20H2,1-2H3,(H,21,23);1H. The number of nitrogens with zero attached hydrogens (tertiary/aromatic N) is 1. The summed E-state index contributed by atoms with van der Waals surface area (Å²) in [6.45, 7) is 5.34. The number of sulfonamides is 1. The summed E-state index contributed by atoms with van der Waals surface area (Å²) in [7, 11) is -3.42. The highest BCUT2D eigenvalue weighted by atomic mass is 35.5. The van der Waals surface area contributed by atoms with Gasteiger partial charge in [-0.25, -0.2) is 8.42 Å². The first kappa shape index (κ1) is 23.9. The van der Waals surface area contributed by atoms with Crippen molar-refractivity contribution in [3.05, 3.63) is 29.8 Å². The predicted octanol–water partition coefficient (Wildman–Crippen LogP) is 2.46. The van der Waals surface area contributed by atoms with Gasteiger partial charge in [-0.2, -0.15) is 4.31 Å². The molecule has 1 aliphatic rings. The Bertz CT molecular complexity index is 692. The van der Waals surface area contributed by atoms with Crippen molar-refractivity contribution in [3.8, 4) is 0 Å². The Kier molecular flexibility index (Phi) is 9.21. The van der Waals surface area contributed by atoms with Crippen molar-refractivity contribution in [2.75, 3.05) is 19.6 Å². The van der Waals surface area contributed by atoms with Crippen LogP contribution in [0.3, 0.4) is 0 Å². The number of hydrogen-bond acceptors (Lipinski definition) is 4. The van der Waals surface area contributed by atoms with Crippen LogP contribution in [0, 0.1) is 0 Å². The molecule has 1 aromatic carbocycles. The van der Waals surface area contributed by atoms with Gasteiger partial charge in [0.05, 0.1) is 4.90 Å². The maximum atomic E-state index is 12.7. The average Bonchev–Trinajstić information content (AvgIpc) is 2.88. The van der Waals surface area contributed by atoms with E-state index in [1.165, 1.54) is 0 Å². The largest absolute Gasteiger partial charge is 0.354 e. The number of benzene rings is 1. The molecule has 0 bridgehead atoms. The van der Waals surface area contributed by atoms with E-state index in [9.17, 15) is 13.2 Å². The lowest BCUT2D eigenvalue weighted by atomic mass is 10.1. The number of nitrogens with two attached hydrogens (primary N) is 1. The number of aryl methyl sites for hydroxylation is 1. The van der Waals surface area contributed by atoms with Gasteiger partial charge in [0.25, 0.3) is 0 Å². The smallest absolute Gasteiger partial charge is 0.243 e. The maximum absolute atomic E-state index is 12.7. The molecule has 0 atom stereocenters. The number of carbonyl (C=O) groups is 1. The van der Waals surface area contributed by atoms with Crippen LogP contribution in [0.5, 0.6) is 0 Å². The molecule has 2 rings (SSSR count). The molecular formula is C19H32ClN3O3S. The van der Waals surface area contributed by atoms with E-state index in [2.05, 4.69) is 5.32 Å². The Morgan fingerprint density at radius 1 is 1.11 bits per heavy atom. The molecule has 3 N–H and O–H groups in total. The molecule has 6 nitrogen and oxygen atoms in total. The van der Waals surface area contributed by atoms with Crippen molar-refractivity contribution in [2.24, 2.45) is 5.73 Å². The number of halogens is 1. The molecule has 1 aliphatic heterocycles. The van der Waals surface area contributed by atoms with Gasteiger partial charge in [0.15, 0.2) is 0 Å². The second kappa shape index (κ2) is 10.4. The third-order valence-electron chi connectivity index (χ3n) is 4.51. The molecule has 1 saturated heterocycles. The van der Waals surface area contributed by atoms with Crippen molar-refractivity contribution in [1.29, 1.82) is 0 Å². The fourth-order valence-corrected chi connectivity index (χ4v) is 4.45. The number of carbonyl (C=O) groups excluding carboxylic acids is 1. The van der Waals surface area contributed by atoms with Crippen LogP contribution in [0.1, 0.15) is 51.5 Å². The zero-order valence-electron chi connectivity index (χ0n) is 16.2. The third-order valence-corrected chi connectivity index (χ3v) is 6.42. The Morgan fingerprint density at radius 2 is 1.67 bits per heavy atom. The van der Waals surface area contributed by atoms with E-state index in [4.69, 9.17) is 5.73 Å². The first-order valence-corrected chi connectivity index (χ1v) is 10.8. The summed E-state index contributed by atoms with van der Waals surface area (Å²) in [6, 6.07) is 6.89. The molecule has 0 spiro atoms. The first-order chi connectivity index (χ1) is 12.2. The SMILES string of the molecule is CC(C)(N)CNC(=O)CCc1ccc(S(=O)(=O)N2CCCCCC2)cc1.Cl. The number of nitrogens with one attached hydrogen (secondary N) is 1. The first-order valence-electron chi connectivity index (χ1n) is 9.33. The molecule has 1 heterocycles. The number of rotatable bonds is 7. The van der Waals surface area contributed by atoms with E-state index in [1.54, 1.807) is 28.6 Å². The van der Waals surface area contributed by atoms with Crippen molar-refractivity contribution in [2.45, 2.75) is 62.8 Å². The molecule has 0 aliphatic carbocycles. The molecular weight excluding hydrogens is 386 g/mol. The molecule has 0 aromatic heterocycles. The minimum atomic E-state index is -3.42. The van der Waals surface area contributed by atoms with E-state index in [-0.39, 0.29) is 18.3 Å². The molecule has 1 amide bonds. The van der Waals surface area contributed by atoms with E-state index in [0.29, 0.717) is 37.4 Å². The van der Waals surface area contributed by atoms with Gasteiger partial charge < -0.3 is 11.1 Å². The lowest BCUT2D eigenvalue weighted by Gasteiger charge is -2.20. The van der Waals surface area contributed by atoms with Crippen LogP contribution in [0.15, 0.2) is 29.2 Å². The van der Waals surface area contributed by atoms with Crippen molar-refractivity contribution in [3.63, 3.8) is 0 Å². The van der Waals surface area contributed by atoms with Crippen molar-refractivity contribution < 1.29 is 13.2 Å². The lowest BCUT2D eigenvalue weighted by Crippen LogP contribution is -2.45. The molecule has 1 aromatic rings. The van der Waals surface area contributed by atoms with Gasteiger partial charge in [0.2, 0.25) is 15.9 Å². The van der Waals surface area contributed by atoms with Crippen LogP contribution in [0.2, 0.25) is 0 Å². The van der Waals surface area contributed by atoms with Crippen molar-refractivity contribution >= 4 is 28.3 Å². The summed E-state index contributed by atoms with van der Waals surface area (Å²) in [6.07, 6.45) is 4.95. The molecule has 0 radical (unpaired) electrons. The Hall–Kier alpha value is -1.15. The van der Waals surface area contributed by atoms with E-state index < -0.39 is 15.6 Å². The second-order valence-corrected chi connectivity index (χ2v) is 9.67. The fourth-order valence-electron chi connectivity index (χ4n) is 2.93. The molecule has 0 unspecified atom stereocenters. The summed E-state index contributed by atoms with van der Waals surface area (Å²) in [5, 5.41) is 2.81. The van der Waals surface area contributed by atoms with Gasteiger partial charge in [-0.1, -0.05) is 25.0 Å². The molecule has 27 heavy (non-hydrogen) atoms. The Balaban J connectivity index is 0.00000364. The zero-order valence-corrected chi connectivity index (χ0v) is 17.9. The van der Waals surface area contributed by atoms with Crippen LogP contribution in [-0.4, -0.2) is 43.8 Å². The summed E-state index contributed by atoms with van der Waals surface area (Å²) in [5.41, 5.74) is 6.36. The van der Waals surface area contributed by atoms with E-state index >= 15 is 0 Å². The van der Waals surface area contributed by atoms with Gasteiger partial charge in [-0.3, -0.25) is 4.79 Å². The van der Waals surface area contributed by atoms with Gasteiger partial charge >= 0.3 is 0 Å². The zero-order chi connectivity index (χ0) is 19.2. The predicted molar refractivity (Wildman–Crippen MR) is 111 cm³/mol. The summed E-state index contributed by atoms with van der Waals surface area (Å²) in [5.74, 6) is -0.0511. The molecule has 8 heteroatoms. The minimum absolute atomic E-state index is 0. The maximum Gasteiger partial charge on any atom is 0.243 e. The van der Waals surface area contributed by atoms with Crippen molar-refractivity contribution in [1.82, 2.24) is 9.62 Å². The van der Waals surface area contributed by atoms with Gasteiger partial charge in [-0.05, 0) is 50.8 Å². The monoisotopic (exact) mass is 417 g/mol. The van der Waals surface area contributed by atoms with Crippen LogP contribution in [-0.2, 0) is 21.2 Å².